The lowest BCUT2D eigenvalue weighted by Crippen LogP contribution is -2.46. The maximum atomic E-state index is 10.7. The van der Waals surface area contributed by atoms with Crippen LogP contribution in [-0.4, -0.2) is 57.6 Å². The Morgan fingerprint density at radius 2 is 1.09 bits per heavy atom. The number of rotatable bonds is 13. The van der Waals surface area contributed by atoms with E-state index in [9.17, 15) is 30.4 Å². The van der Waals surface area contributed by atoms with Crippen LogP contribution in [0.3, 0.4) is 0 Å². The summed E-state index contributed by atoms with van der Waals surface area (Å²) in [5.74, 6) is 0.358. The van der Waals surface area contributed by atoms with Gasteiger partial charge in [0.25, 0.3) is 11.4 Å². The van der Waals surface area contributed by atoms with Gasteiger partial charge < -0.3 is 19.7 Å². The quantitative estimate of drug-likeness (QED) is 0.143. The molecule has 2 N–H and O–H groups in total. The van der Waals surface area contributed by atoms with E-state index in [0.717, 1.165) is 0 Å². The third-order valence-electron chi connectivity index (χ3n) is 4.47. The fraction of sp³-hybridized carbons (Fsp3) is 0.333. The first-order chi connectivity index (χ1) is 16.3. The summed E-state index contributed by atoms with van der Waals surface area (Å²) < 4.78 is 10.8. The molecule has 0 aliphatic rings. The molecule has 0 aliphatic carbocycles. The third kappa shape index (κ3) is 7.22. The Morgan fingerprint density at radius 3 is 1.35 bits per heavy atom. The average Bonchev–Trinajstić information content (AvgIpc) is 2.84. The van der Waals surface area contributed by atoms with Gasteiger partial charge in [0, 0.05) is 34.1 Å². The second-order valence-electron chi connectivity index (χ2n) is 6.65. The molecule has 0 radical (unpaired) electrons. The Bertz CT molecular complexity index is 997. The van der Waals surface area contributed by atoms with Gasteiger partial charge in [-0.2, -0.15) is 0 Å². The summed E-state index contributed by atoms with van der Waals surface area (Å²) in [6.07, 6.45) is -3.49. The molecule has 4 atom stereocenters. The lowest BCUT2D eigenvalue weighted by Gasteiger charge is -2.27. The molecule has 34 heavy (non-hydrogen) atoms. The van der Waals surface area contributed by atoms with Gasteiger partial charge in [-0.1, -0.05) is 10.2 Å². The van der Waals surface area contributed by atoms with E-state index in [4.69, 9.17) is 20.5 Å². The zero-order valence-electron chi connectivity index (χ0n) is 17.3. The van der Waals surface area contributed by atoms with Crippen molar-refractivity contribution < 1.29 is 29.5 Å². The van der Waals surface area contributed by atoms with E-state index in [0.29, 0.717) is 0 Å². The minimum Gasteiger partial charge on any atom is -0.493 e. The van der Waals surface area contributed by atoms with Crippen LogP contribution in [0, 0.1) is 20.2 Å². The molecule has 0 unspecified atom stereocenters. The Kier molecular flexibility index (Phi) is 9.37. The molecule has 2 aromatic carbocycles. The van der Waals surface area contributed by atoms with Crippen molar-refractivity contribution in [1.29, 1.82) is 0 Å². The molecule has 0 aliphatic heterocycles. The fourth-order valence-electron chi connectivity index (χ4n) is 2.68. The Labute approximate surface area is 190 Å². The third-order valence-corrected chi connectivity index (χ3v) is 4.47. The Balaban J connectivity index is 2.05. The second-order valence-corrected chi connectivity index (χ2v) is 6.65. The molecule has 0 spiro atoms. The van der Waals surface area contributed by atoms with Crippen molar-refractivity contribution in [2.75, 3.05) is 13.2 Å². The van der Waals surface area contributed by atoms with Gasteiger partial charge >= 0.3 is 0 Å². The van der Waals surface area contributed by atoms with Crippen molar-refractivity contribution in [3.8, 4) is 11.5 Å². The van der Waals surface area contributed by atoms with E-state index in [-0.39, 0.29) is 22.9 Å². The maximum Gasteiger partial charge on any atom is 0.269 e. The first kappa shape index (κ1) is 25.6. The zero-order valence-corrected chi connectivity index (χ0v) is 17.3. The second kappa shape index (κ2) is 12.4. The van der Waals surface area contributed by atoms with Crippen LogP contribution in [0.15, 0.2) is 58.8 Å². The number of nitro benzene ring substituents is 2. The van der Waals surface area contributed by atoms with Gasteiger partial charge in [0.1, 0.15) is 11.5 Å². The van der Waals surface area contributed by atoms with E-state index in [1.807, 2.05) is 0 Å². The molecule has 178 valence electrons. The molecule has 0 bridgehead atoms. The maximum absolute atomic E-state index is 10.7. The van der Waals surface area contributed by atoms with Crippen molar-refractivity contribution in [2.45, 2.75) is 24.3 Å². The van der Waals surface area contributed by atoms with Crippen LogP contribution >= 0.6 is 0 Å². The fourth-order valence-corrected chi connectivity index (χ4v) is 2.68. The summed E-state index contributed by atoms with van der Waals surface area (Å²) in [5.41, 5.74) is 17.3. The number of non-ortho nitro benzene ring substituents is 2. The summed E-state index contributed by atoms with van der Waals surface area (Å²) in [5, 5.41) is 49.2. The van der Waals surface area contributed by atoms with Crippen LogP contribution in [0.25, 0.3) is 20.9 Å². The van der Waals surface area contributed by atoms with Crippen LogP contribution in [0.2, 0.25) is 0 Å². The van der Waals surface area contributed by atoms with Gasteiger partial charge in [0.05, 0.1) is 47.4 Å². The van der Waals surface area contributed by atoms with E-state index in [1.165, 1.54) is 48.5 Å². The summed E-state index contributed by atoms with van der Waals surface area (Å²) >= 11 is 0. The number of aliphatic hydroxyl groups is 2. The molecule has 0 amide bonds. The Morgan fingerprint density at radius 1 is 0.765 bits per heavy atom. The number of ether oxygens (including phenoxy) is 2. The number of hydrogen-bond acceptors (Lipinski definition) is 10. The first-order valence-electron chi connectivity index (χ1n) is 9.46. The highest BCUT2D eigenvalue weighted by Gasteiger charge is 2.32. The molecule has 0 saturated heterocycles. The van der Waals surface area contributed by atoms with Crippen molar-refractivity contribution in [1.82, 2.24) is 0 Å². The molecule has 16 nitrogen and oxygen atoms in total. The van der Waals surface area contributed by atoms with Crippen LogP contribution in [0.1, 0.15) is 0 Å². The lowest BCUT2D eigenvalue weighted by atomic mass is 10.0. The van der Waals surface area contributed by atoms with Crippen LogP contribution < -0.4 is 9.47 Å². The molecule has 0 saturated carbocycles. The van der Waals surface area contributed by atoms with E-state index >= 15 is 0 Å². The molecule has 0 heterocycles. The van der Waals surface area contributed by atoms with Crippen molar-refractivity contribution in [3.05, 3.63) is 89.6 Å². The van der Waals surface area contributed by atoms with Gasteiger partial charge in [-0.15, -0.1) is 0 Å². The monoisotopic (exact) mass is 474 g/mol. The smallest absolute Gasteiger partial charge is 0.269 e. The average molecular weight is 474 g/mol. The van der Waals surface area contributed by atoms with E-state index in [2.05, 4.69) is 20.1 Å². The highest BCUT2D eigenvalue weighted by atomic mass is 16.6. The number of azide groups is 2. The molecular weight excluding hydrogens is 456 g/mol. The largest absolute Gasteiger partial charge is 0.493 e. The van der Waals surface area contributed by atoms with Gasteiger partial charge in [-0.3, -0.25) is 20.2 Å². The van der Waals surface area contributed by atoms with Crippen LogP contribution in [0.5, 0.6) is 11.5 Å². The first-order valence-corrected chi connectivity index (χ1v) is 9.46. The predicted molar refractivity (Wildman–Crippen MR) is 115 cm³/mol. The minimum absolute atomic E-state index is 0.167. The molecule has 0 aromatic heterocycles. The van der Waals surface area contributed by atoms with Crippen LogP contribution in [-0.2, 0) is 0 Å². The summed E-state index contributed by atoms with van der Waals surface area (Å²) in [4.78, 5) is 25.4. The van der Waals surface area contributed by atoms with E-state index < -0.39 is 47.4 Å². The molecular formula is C18H18N8O8. The van der Waals surface area contributed by atoms with E-state index in [1.54, 1.807) is 0 Å². The molecule has 2 rings (SSSR count). The summed E-state index contributed by atoms with van der Waals surface area (Å²) in [7, 11) is 0. The number of benzene rings is 2. The molecule has 2 aromatic rings. The molecule has 0 fully saturated rings. The zero-order chi connectivity index (χ0) is 25.1. The normalized spacial score (nSPS) is 13.8. The highest BCUT2D eigenvalue weighted by Crippen LogP contribution is 2.21. The van der Waals surface area contributed by atoms with Crippen LogP contribution in [0.4, 0.5) is 11.4 Å². The summed E-state index contributed by atoms with van der Waals surface area (Å²) in [6.45, 7) is -0.821. The Hall–Kier alpha value is -4.62. The van der Waals surface area contributed by atoms with Gasteiger partial charge in [-0.05, 0) is 35.3 Å². The standard InChI is InChI=1S/C18H18N8O8/c19-23-21-15(9-33-13-5-1-11(2-6-13)25(29)30)17(27)18(28)16(22-24-20)10-34-14-7-3-12(4-8-14)26(31)32/h1-8,15-18,27-28H,9-10H2/t15-,16-,17+,18+/m0/s1. The SMILES string of the molecule is [N-]=[N+]=N[C@@H](COc1ccc([N+](=O)[O-])cc1)[C@@H](O)[C@H](O)[C@H](COc1ccc([N+](=O)[O-])cc1)N=[N+]=[N-]. The van der Waals surface area contributed by atoms with Gasteiger partial charge in [-0.25, -0.2) is 0 Å². The van der Waals surface area contributed by atoms with Gasteiger partial charge in [0.2, 0.25) is 0 Å². The van der Waals surface area contributed by atoms with Crippen molar-refractivity contribution >= 4 is 11.4 Å². The lowest BCUT2D eigenvalue weighted by molar-refractivity contribution is -0.385. The number of aliphatic hydroxyl groups excluding tert-OH is 2. The topological polar surface area (TPSA) is 243 Å². The predicted octanol–water partition coefficient (Wildman–Crippen LogP) is 3.04. The minimum atomic E-state index is -1.75. The van der Waals surface area contributed by atoms with Crippen molar-refractivity contribution in [3.63, 3.8) is 0 Å². The highest BCUT2D eigenvalue weighted by molar-refractivity contribution is 5.36. The number of nitrogens with zero attached hydrogens (tertiary/aromatic N) is 8. The number of hydrogen-bond donors (Lipinski definition) is 2. The van der Waals surface area contributed by atoms with Gasteiger partial charge in [0.15, 0.2) is 0 Å². The number of nitro groups is 2. The van der Waals surface area contributed by atoms with Crippen molar-refractivity contribution in [2.24, 2.45) is 10.2 Å². The summed E-state index contributed by atoms with van der Waals surface area (Å²) in [6, 6.07) is 7.31. The molecule has 16 heteroatoms.